The van der Waals surface area contributed by atoms with Gasteiger partial charge in [0.05, 0.1) is 11.7 Å². The number of anilines is 1. The molecule has 0 spiro atoms. The molecule has 6 nitrogen and oxygen atoms in total. The predicted molar refractivity (Wildman–Crippen MR) is 84.9 cm³/mol. The van der Waals surface area contributed by atoms with E-state index in [9.17, 15) is 4.79 Å². The fourth-order valence-corrected chi connectivity index (χ4v) is 3.16. The number of amides is 1. The van der Waals surface area contributed by atoms with E-state index in [0.29, 0.717) is 6.42 Å². The van der Waals surface area contributed by atoms with Crippen molar-refractivity contribution in [2.45, 2.75) is 38.6 Å². The zero-order valence-corrected chi connectivity index (χ0v) is 13.4. The Morgan fingerprint density at radius 1 is 1.26 bits per heavy atom. The van der Waals surface area contributed by atoms with Crippen molar-refractivity contribution in [3.8, 4) is 11.5 Å². The summed E-state index contributed by atoms with van der Waals surface area (Å²) in [6.45, 7) is 6.45. The summed E-state index contributed by atoms with van der Waals surface area (Å²) in [5.41, 5.74) is 1.88. The summed E-state index contributed by atoms with van der Waals surface area (Å²) in [6.07, 6.45) is 2.26. The van der Waals surface area contributed by atoms with E-state index in [1.165, 1.54) is 0 Å². The van der Waals surface area contributed by atoms with Gasteiger partial charge in [0.15, 0.2) is 11.5 Å². The van der Waals surface area contributed by atoms with Crippen molar-refractivity contribution in [3.63, 3.8) is 0 Å². The van der Waals surface area contributed by atoms with Gasteiger partial charge in [0.25, 0.3) is 0 Å². The summed E-state index contributed by atoms with van der Waals surface area (Å²) < 4.78 is 12.7. The fraction of sp³-hybridized carbons (Fsp3) is 0.412. The normalized spacial score (nSPS) is 19.4. The number of hydrogen-bond donors (Lipinski definition) is 1. The number of aromatic nitrogens is 2. The molecule has 1 aromatic heterocycles. The Balaban J connectivity index is 1.80. The van der Waals surface area contributed by atoms with Crippen molar-refractivity contribution in [3.05, 3.63) is 35.5 Å². The predicted octanol–water partition coefficient (Wildman–Crippen LogP) is 2.84. The first-order valence-corrected chi connectivity index (χ1v) is 7.71. The maximum atomic E-state index is 12.2. The first-order chi connectivity index (χ1) is 10.9. The topological polar surface area (TPSA) is 65.4 Å². The second-order valence-electron chi connectivity index (χ2n) is 6.95. The van der Waals surface area contributed by atoms with Crippen molar-refractivity contribution in [1.82, 2.24) is 9.78 Å². The van der Waals surface area contributed by atoms with Crippen molar-refractivity contribution >= 4 is 11.7 Å². The molecule has 0 fully saturated rings. The number of hydrogen-bond acceptors (Lipinski definition) is 4. The average Bonchev–Trinajstić information content (AvgIpc) is 3.10. The Kier molecular flexibility index (Phi) is 2.91. The summed E-state index contributed by atoms with van der Waals surface area (Å²) in [5, 5.41) is 7.47. The molecule has 120 valence electrons. The summed E-state index contributed by atoms with van der Waals surface area (Å²) in [6, 6.07) is 5.86. The third-order valence-electron chi connectivity index (χ3n) is 4.25. The van der Waals surface area contributed by atoms with E-state index in [4.69, 9.17) is 9.47 Å². The van der Waals surface area contributed by atoms with Crippen LogP contribution in [-0.2, 0) is 10.3 Å². The zero-order chi connectivity index (χ0) is 16.2. The number of ether oxygens (including phenoxy) is 2. The second-order valence-corrected chi connectivity index (χ2v) is 6.95. The van der Waals surface area contributed by atoms with Gasteiger partial charge in [0, 0.05) is 17.9 Å². The van der Waals surface area contributed by atoms with Crippen LogP contribution in [0.15, 0.2) is 24.4 Å². The molecule has 1 amide bonds. The minimum absolute atomic E-state index is 0.00571. The van der Waals surface area contributed by atoms with Crippen LogP contribution in [0.1, 0.15) is 44.2 Å². The Morgan fingerprint density at radius 3 is 2.83 bits per heavy atom. The van der Waals surface area contributed by atoms with Gasteiger partial charge in [-0.3, -0.25) is 4.79 Å². The summed E-state index contributed by atoms with van der Waals surface area (Å²) in [4.78, 5) is 12.2. The van der Waals surface area contributed by atoms with Crippen LogP contribution >= 0.6 is 0 Å². The maximum absolute atomic E-state index is 12.2. The van der Waals surface area contributed by atoms with Gasteiger partial charge >= 0.3 is 0 Å². The molecule has 1 aromatic carbocycles. The zero-order valence-electron chi connectivity index (χ0n) is 13.4. The summed E-state index contributed by atoms with van der Waals surface area (Å²) >= 11 is 0. The molecule has 0 radical (unpaired) electrons. The van der Waals surface area contributed by atoms with Crippen molar-refractivity contribution < 1.29 is 14.3 Å². The van der Waals surface area contributed by atoms with Crippen LogP contribution in [0, 0.1) is 0 Å². The van der Waals surface area contributed by atoms with Crippen LogP contribution in [-0.4, -0.2) is 22.5 Å². The van der Waals surface area contributed by atoms with E-state index in [2.05, 4.69) is 31.2 Å². The molecule has 1 atom stereocenters. The number of nitrogens with zero attached hydrogens (tertiary/aromatic N) is 2. The van der Waals surface area contributed by atoms with Gasteiger partial charge in [-0.25, -0.2) is 4.68 Å². The maximum Gasteiger partial charge on any atom is 0.231 e. The minimum atomic E-state index is -0.197. The van der Waals surface area contributed by atoms with Gasteiger partial charge < -0.3 is 14.8 Å². The molecule has 1 N–H and O–H groups in total. The van der Waals surface area contributed by atoms with E-state index in [0.717, 1.165) is 28.4 Å². The number of nitrogens with one attached hydrogen (secondary N) is 1. The Bertz CT molecular complexity index is 789. The highest BCUT2D eigenvalue weighted by atomic mass is 16.7. The van der Waals surface area contributed by atoms with Gasteiger partial charge in [-0.05, 0) is 38.5 Å². The van der Waals surface area contributed by atoms with Gasteiger partial charge in [-0.1, -0.05) is 6.07 Å². The van der Waals surface area contributed by atoms with Gasteiger partial charge in [-0.15, -0.1) is 0 Å². The van der Waals surface area contributed by atoms with E-state index in [1.807, 2.05) is 29.1 Å². The highest BCUT2D eigenvalue weighted by Crippen LogP contribution is 2.42. The number of benzene rings is 1. The first-order valence-electron chi connectivity index (χ1n) is 7.71. The molecule has 2 aromatic rings. The van der Waals surface area contributed by atoms with E-state index < -0.39 is 0 Å². The van der Waals surface area contributed by atoms with Crippen LogP contribution in [0.3, 0.4) is 0 Å². The largest absolute Gasteiger partial charge is 0.454 e. The number of rotatable bonds is 1. The molecule has 0 unspecified atom stereocenters. The third-order valence-corrected chi connectivity index (χ3v) is 4.25. The van der Waals surface area contributed by atoms with E-state index in [1.54, 1.807) is 0 Å². The van der Waals surface area contributed by atoms with Crippen molar-refractivity contribution in [2.75, 3.05) is 12.1 Å². The molecule has 23 heavy (non-hydrogen) atoms. The molecular weight excluding hydrogens is 294 g/mol. The lowest BCUT2D eigenvalue weighted by atomic mass is 9.87. The smallest absolute Gasteiger partial charge is 0.231 e. The molecule has 4 rings (SSSR count). The fourth-order valence-electron chi connectivity index (χ4n) is 3.16. The minimum Gasteiger partial charge on any atom is -0.454 e. The van der Waals surface area contributed by atoms with Crippen LogP contribution in [0.5, 0.6) is 11.5 Å². The molecule has 0 bridgehead atoms. The highest BCUT2D eigenvalue weighted by Gasteiger charge is 2.33. The van der Waals surface area contributed by atoms with Crippen LogP contribution < -0.4 is 14.8 Å². The second kappa shape index (κ2) is 4.75. The monoisotopic (exact) mass is 313 g/mol. The molecule has 2 aliphatic heterocycles. The molecule has 0 saturated heterocycles. The van der Waals surface area contributed by atoms with Crippen molar-refractivity contribution in [2.24, 2.45) is 0 Å². The summed E-state index contributed by atoms with van der Waals surface area (Å²) in [5.74, 6) is 2.25. The van der Waals surface area contributed by atoms with Gasteiger partial charge in [-0.2, -0.15) is 5.10 Å². The standard InChI is InChI=1S/C17H19N3O3/c1-17(2,3)20-16-12(8-18-20)11(7-15(21)19-16)10-4-5-13-14(6-10)23-9-22-13/h4-6,8,11H,7,9H2,1-3H3,(H,19,21)/t11-/m1/s1. The number of carbonyl (C=O) groups is 1. The quantitative estimate of drug-likeness (QED) is 0.879. The lowest BCUT2D eigenvalue weighted by Crippen LogP contribution is -2.30. The average molecular weight is 313 g/mol. The third kappa shape index (κ3) is 2.25. The molecule has 3 heterocycles. The Labute approximate surface area is 134 Å². The van der Waals surface area contributed by atoms with Crippen LogP contribution in [0.2, 0.25) is 0 Å². The first kappa shape index (κ1) is 14.1. The van der Waals surface area contributed by atoms with E-state index >= 15 is 0 Å². The van der Waals surface area contributed by atoms with Crippen LogP contribution in [0.4, 0.5) is 5.82 Å². The number of fused-ring (bicyclic) bond motifs is 2. The van der Waals surface area contributed by atoms with Gasteiger partial charge in [0.2, 0.25) is 12.7 Å². The van der Waals surface area contributed by atoms with E-state index in [-0.39, 0.29) is 24.2 Å². The molecule has 2 aliphatic rings. The summed E-state index contributed by atoms with van der Waals surface area (Å²) in [7, 11) is 0. The molecule has 0 saturated carbocycles. The SMILES string of the molecule is CC(C)(C)n1ncc2c1NC(=O)C[C@@H]2c1ccc2c(c1)OCO2. The lowest BCUT2D eigenvalue weighted by Gasteiger charge is -2.28. The molecule has 6 heteroatoms. The van der Waals surface area contributed by atoms with Crippen molar-refractivity contribution in [1.29, 1.82) is 0 Å². The Morgan fingerprint density at radius 2 is 2.04 bits per heavy atom. The molecular formula is C17H19N3O3. The highest BCUT2D eigenvalue weighted by molar-refractivity contribution is 5.94. The van der Waals surface area contributed by atoms with Crippen LogP contribution in [0.25, 0.3) is 0 Å². The number of carbonyl (C=O) groups excluding carboxylic acids is 1. The lowest BCUT2D eigenvalue weighted by molar-refractivity contribution is -0.116. The Hall–Kier alpha value is -2.50. The molecule has 0 aliphatic carbocycles. The van der Waals surface area contributed by atoms with Gasteiger partial charge in [0.1, 0.15) is 5.82 Å².